The molecular weight excluding hydrogens is 480 g/mol. The van der Waals surface area contributed by atoms with Gasteiger partial charge in [0, 0.05) is 11.1 Å². The molecule has 0 spiro atoms. The Hall–Kier alpha value is -2.86. The fourth-order valence-corrected chi connectivity index (χ4v) is 4.95. The molecule has 0 aliphatic carbocycles. The van der Waals surface area contributed by atoms with Gasteiger partial charge in [-0.2, -0.15) is 0 Å². The Kier molecular flexibility index (Phi) is 8.03. The lowest BCUT2D eigenvalue weighted by molar-refractivity contribution is -0.173. The Labute approximate surface area is 205 Å². The SMILES string of the molecule is CCC/C=C(\C(=O)N[C@@H]1C(=O)N2C(C(=O)OCOC(=O)C(C)(C)C)=CCS[C@H]12)c1csc(N)n1. The minimum absolute atomic E-state index is 0.0695. The number of β-lactam (4-membered cyclic amide) rings is 1. The highest BCUT2D eigenvalue weighted by Gasteiger charge is 2.53. The van der Waals surface area contributed by atoms with Gasteiger partial charge in [0.2, 0.25) is 6.79 Å². The molecule has 1 aromatic rings. The third kappa shape index (κ3) is 5.61. The molecule has 1 saturated heterocycles. The monoisotopic (exact) mass is 508 g/mol. The molecule has 3 rings (SSSR count). The van der Waals surface area contributed by atoms with Crippen LogP contribution >= 0.6 is 23.1 Å². The average Bonchev–Trinajstić information content (AvgIpc) is 3.21. The van der Waals surface area contributed by atoms with Crippen LogP contribution in [-0.4, -0.2) is 57.6 Å². The maximum absolute atomic E-state index is 13.0. The Bertz CT molecular complexity index is 1040. The van der Waals surface area contributed by atoms with Crippen LogP contribution < -0.4 is 11.1 Å². The highest BCUT2D eigenvalue weighted by molar-refractivity contribution is 8.00. The normalized spacial score (nSPS) is 20.1. The van der Waals surface area contributed by atoms with Gasteiger partial charge in [0.15, 0.2) is 5.13 Å². The third-order valence-electron chi connectivity index (χ3n) is 5.01. The summed E-state index contributed by atoms with van der Waals surface area (Å²) < 4.78 is 9.99. The van der Waals surface area contributed by atoms with Gasteiger partial charge in [-0.15, -0.1) is 23.1 Å². The summed E-state index contributed by atoms with van der Waals surface area (Å²) in [6, 6.07) is -0.797. The zero-order valence-corrected chi connectivity index (χ0v) is 21.1. The molecule has 0 unspecified atom stereocenters. The van der Waals surface area contributed by atoms with Gasteiger partial charge in [0.25, 0.3) is 11.8 Å². The molecule has 0 radical (unpaired) electrons. The molecule has 3 heterocycles. The number of nitrogens with zero attached hydrogens (tertiary/aromatic N) is 2. The number of anilines is 1. The minimum Gasteiger partial charge on any atom is -0.427 e. The van der Waals surface area contributed by atoms with Gasteiger partial charge in [0.05, 0.1) is 16.7 Å². The molecule has 184 valence electrons. The zero-order valence-electron chi connectivity index (χ0n) is 19.5. The summed E-state index contributed by atoms with van der Waals surface area (Å²) in [5.74, 6) is -1.68. The van der Waals surface area contributed by atoms with Crippen molar-refractivity contribution in [3.63, 3.8) is 0 Å². The number of hydrogen-bond donors (Lipinski definition) is 2. The standard InChI is InChI=1S/C22H28N4O6S2/c1-5-6-7-12(13-10-34-21(23)24-13)16(27)25-15-17(28)26-14(8-9-33-18(15)26)19(29)31-11-32-20(30)22(2,3)4/h7-8,10,15,18H,5-6,9,11H2,1-4H3,(H2,23,24)(H,25,27)/b12-7-/t15-,18-/m1/s1. The topological polar surface area (TPSA) is 141 Å². The van der Waals surface area contributed by atoms with Crippen molar-refractivity contribution in [3.8, 4) is 0 Å². The van der Waals surface area contributed by atoms with Crippen molar-refractivity contribution < 1.29 is 28.7 Å². The molecule has 12 heteroatoms. The first-order valence-electron chi connectivity index (χ1n) is 10.8. The van der Waals surface area contributed by atoms with Crippen LogP contribution in [-0.2, 0) is 28.7 Å². The van der Waals surface area contributed by atoms with Crippen molar-refractivity contribution in [1.82, 2.24) is 15.2 Å². The van der Waals surface area contributed by atoms with Crippen molar-refractivity contribution in [1.29, 1.82) is 0 Å². The number of amides is 2. The largest absolute Gasteiger partial charge is 0.427 e. The number of carbonyl (C=O) groups excluding carboxylic acids is 4. The van der Waals surface area contributed by atoms with E-state index < -0.39 is 47.4 Å². The molecule has 2 aliphatic rings. The number of unbranched alkanes of at least 4 members (excludes halogenated alkanes) is 1. The van der Waals surface area contributed by atoms with Crippen molar-refractivity contribution in [2.24, 2.45) is 5.41 Å². The third-order valence-corrected chi connectivity index (χ3v) is 6.87. The Morgan fingerprint density at radius 2 is 2.06 bits per heavy atom. The number of nitrogens with one attached hydrogen (secondary N) is 1. The summed E-state index contributed by atoms with van der Waals surface area (Å²) in [6.07, 6.45) is 4.87. The molecule has 1 fully saturated rings. The van der Waals surface area contributed by atoms with Crippen LogP contribution in [0.2, 0.25) is 0 Å². The number of allylic oxidation sites excluding steroid dienone is 1. The molecule has 0 bridgehead atoms. The summed E-state index contributed by atoms with van der Waals surface area (Å²) >= 11 is 2.65. The first-order valence-corrected chi connectivity index (χ1v) is 12.7. The second-order valence-electron chi connectivity index (χ2n) is 8.68. The van der Waals surface area contributed by atoms with E-state index in [1.54, 1.807) is 38.3 Å². The van der Waals surface area contributed by atoms with Crippen LogP contribution in [0.4, 0.5) is 5.13 Å². The summed E-state index contributed by atoms with van der Waals surface area (Å²) in [5.41, 5.74) is 5.87. The van der Waals surface area contributed by atoms with Crippen LogP contribution in [0.25, 0.3) is 5.57 Å². The first-order chi connectivity index (χ1) is 16.0. The van der Waals surface area contributed by atoms with E-state index in [1.807, 2.05) is 6.92 Å². The Balaban J connectivity index is 1.62. The van der Waals surface area contributed by atoms with E-state index in [1.165, 1.54) is 28.0 Å². The number of rotatable bonds is 8. The first kappa shape index (κ1) is 25.8. The number of ether oxygens (including phenoxy) is 2. The molecule has 2 aliphatic heterocycles. The van der Waals surface area contributed by atoms with Crippen LogP contribution in [0, 0.1) is 5.41 Å². The van der Waals surface area contributed by atoms with Gasteiger partial charge in [-0.05, 0) is 33.3 Å². The maximum atomic E-state index is 13.0. The van der Waals surface area contributed by atoms with Gasteiger partial charge in [-0.25, -0.2) is 9.78 Å². The van der Waals surface area contributed by atoms with Crippen LogP contribution in [0.1, 0.15) is 46.2 Å². The Morgan fingerprint density at radius 1 is 1.32 bits per heavy atom. The van der Waals surface area contributed by atoms with E-state index in [-0.39, 0.29) is 5.70 Å². The fourth-order valence-electron chi connectivity index (χ4n) is 3.19. The number of aromatic nitrogens is 1. The van der Waals surface area contributed by atoms with Crippen molar-refractivity contribution >= 4 is 57.6 Å². The molecule has 0 aromatic carbocycles. The van der Waals surface area contributed by atoms with E-state index >= 15 is 0 Å². The number of nitrogens with two attached hydrogens (primary N) is 1. The van der Waals surface area contributed by atoms with E-state index in [4.69, 9.17) is 15.2 Å². The van der Waals surface area contributed by atoms with Gasteiger partial charge in [0.1, 0.15) is 17.1 Å². The van der Waals surface area contributed by atoms with Gasteiger partial charge in [-0.1, -0.05) is 19.4 Å². The predicted octanol–water partition coefficient (Wildman–Crippen LogP) is 2.28. The summed E-state index contributed by atoms with van der Waals surface area (Å²) in [4.78, 5) is 55.7. The number of hydrogen-bond acceptors (Lipinski definition) is 10. The number of thiazole rings is 1. The van der Waals surface area contributed by atoms with Crippen LogP contribution in [0.5, 0.6) is 0 Å². The lowest BCUT2D eigenvalue weighted by Gasteiger charge is -2.48. The molecule has 3 N–H and O–H groups in total. The van der Waals surface area contributed by atoms with E-state index in [0.717, 1.165) is 6.42 Å². The lowest BCUT2D eigenvalue weighted by Crippen LogP contribution is -2.70. The quantitative estimate of drug-likeness (QED) is 0.234. The van der Waals surface area contributed by atoms with Gasteiger partial charge < -0.3 is 20.5 Å². The molecule has 1 aromatic heterocycles. The predicted molar refractivity (Wildman–Crippen MR) is 129 cm³/mol. The number of thioether (sulfide) groups is 1. The highest BCUT2D eigenvalue weighted by atomic mass is 32.2. The Morgan fingerprint density at radius 3 is 2.68 bits per heavy atom. The lowest BCUT2D eigenvalue weighted by atomic mass is 9.98. The average molecular weight is 509 g/mol. The molecule has 34 heavy (non-hydrogen) atoms. The molecule has 2 atom stereocenters. The van der Waals surface area contributed by atoms with Crippen molar-refractivity contribution in [3.05, 3.63) is 28.9 Å². The summed E-state index contributed by atoms with van der Waals surface area (Å²) in [7, 11) is 0. The van der Waals surface area contributed by atoms with Gasteiger partial charge in [-0.3, -0.25) is 19.3 Å². The number of esters is 2. The van der Waals surface area contributed by atoms with Crippen molar-refractivity contribution in [2.45, 2.75) is 52.0 Å². The molecule has 0 saturated carbocycles. The second-order valence-corrected chi connectivity index (χ2v) is 10.7. The summed E-state index contributed by atoms with van der Waals surface area (Å²) in [6.45, 7) is 6.49. The maximum Gasteiger partial charge on any atom is 0.357 e. The molecular formula is C22H28N4O6S2. The van der Waals surface area contributed by atoms with Gasteiger partial charge >= 0.3 is 11.9 Å². The fraction of sp³-hybridized carbons (Fsp3) is 0.500. The second kappa shape index (κ2) is 10.6. The van der Waals surface area contributed by atoms with E-state index in [2.05, 4.69) is 10.3 Å². The number of fused-ring (bicyclic) bond motifs is 1. The minimum atomic E-state index is -0.797. The molecule has 2 amide bonds. The van der Waals surface area contributed by atoms with E-state index in [9.17, 15) is 19.2 Å². The number of carbonyl (C=O) groups is 4. The number of nitrogen functional groups attached to an aromatic ring is 1. The smallest absolute Gasteiger partial charge is 0.357 e. The summed E-state index contributed by atoms with van der Waals surface area (Å²) in [5, 5.41) is 4.37. The van der Waals surface area contributed by atoms with Crippen LogP contribution in [0.3, 0.4) is 0 Å². The van der Waals surface area contributed by atoms with Crippen LogP contribution in [0.15, 0.2) is 23.2 Å². The van der Waals surface area contributed by atoms with Crippen molar-refractivity contribution in [2.75, 3.05) is 18.3 Å². The zero-order chi connectivity index (χ0) is 25.0. The highest BCUT2D eigenvalue weighted by Crippen LogP contribution is 2.38. The molecule has 10 nitrogen and oxygen atoms in total. The van der Waals surface area contributed by atoms with E-state index in [0.29, 0.717) is 28.6 Å².